The number of hydrogen-bond acceptors (Lipinski definition) is 6. The molecule has 164 valence electrons. The highest BCUT2D eigenvalue weighted by Gasteiger charge is 2.22. The summed E-state index contributed by atoms with van der Waals surface area (Å²) in [6.07, 6.45) is 0. The Morgan fingerprint density at radius 3 is 2.47 bits per heavy atom. The number of hydrogen-bond donors (Lipinski definition) is 1. The summed E-state index contributed by atoms with van der Waals surface area (Å²) >= 11 is 1.28. The van der Waals surface area contributed by atoms with Gasteiger partial charge in [0.15, 0.2) is 0 Å². The van der Waals surface area contributed by atoms with Gasteiger partial charge >= 0.3 is 0 Å². The van der Waals surface area contributed by atoms with E-state index in [-0.39, 0.29) is 17.1 Å². The van der Waals surface area contributed by atoms with E-state index in [0.717, 1.165) is 22.6 Å². The number of benzene rings is 2. The number of aryl methyl sites for hydroxylation is 1. The van der Waals surface area contributed by atoms with Gasteiger partial charge in [0.1, 0.15) is 5.82 Å². The summed E-state index contributed by atoms with van der Waals surface area (Å²) in [5.74, 6) is 0.633. The molecule has 1 N–H and O–H groups in total. The van der Waals surface area contributed by atoms with Crippen molar-refractivity contribution in [3.05, 3.63) is 71.9 Å². The molecule has 2 aromatic carbocycles. The molecule has 4 rings (SSSR count). The van der Waals surface area contributed by atoms with Crippen LogP contribution in [0.5, 0.6) is 0 Å². The summed E-state index contributed by atoms with van der Waals surface area (Å²) < 4.78 is 3.40. The molecule has 0 aliphatic heterocycles. The quantitative estimate of drug-likeness (QED) is 0.446. The number of aromatic nitrogens is 6. The molecule has 0 unspecified atom stereocenters. The Morgan fingerprint density at radius 1 is 1.00 bits per heavy atom. The minimum Gasteiger partial charge on any atom is -0.310 e. The minimum absolute atomic E-state index is 0.149. The zero-order valence-corrected chi connectivity index (χ0v) is 19.3. The Bertz CT molecular complexity index is 1220. The number of nitrogens with one attached hydrogen (secondary N) is 1. The van der Waals surface area contributed by atoms with Gasteiger partial charge in [0, 0.05) is 11.5 Å². The number of nitrogens with zero attached hydrogens (tertiary/aromatic N) is 6. The first-order valence-electron chi connectivity index (χ1n) is 10.3. The van der Waals surface area contributed by atoms with Crippen LogP contribution in [-0.4, -0.2) is 41.6 Å². The van der Waals surface area contributed by atoms with Crippen LogP contribution in [0.2, 0.25) is 0 Å². The molecule has 0 aliphatic rings. The van der Waals surface area contributed by atoms with Crippen LogP contribution in [0.4, 0.5) is 5.82 Å². The van der Waals surface area contributed by atoms with Crippen molar-refractivity contribution in [1.82, 2.24) is 30.0 Å². The van der Waals surface area contributed by atoms with Crippen LogP contribution in [0.1, 0.15) is 32.0 Å². The number of thioether (sulfide) groups is 1. The molecule has 8 nitrogen and oxygen atoms in total. The highest BCUT2D eigenvalue weighted by molar-refractivity contribution is 7.99. The number of tetrazole rings is 1. The van der Waals surface area contributed by atoms with E-state index < -0.39 is 0 Å². The Morgan fingerprint density at radius 2 is 1.75 bits per heavy atom. The lowest BCUT2D eigenvalue weighted by Crippen LogP contribution is -2.17. The second-order valence-electron chi connectivity index (χ2n) is 8.46. The zero-order chi connectivity index (χ0) is 22.7. The molecular weight excluding hydrogens is 422 g/mol. The van der Waals surface area contributed by atoms with Gasteiger partial charge in [-0.25, -0.2) is 4.68 Å². The maximum absolute atomic E-state index is 12.8. The van der Waals surface area contributed by atoms with Crippen LogP contribution in [0.3, 0.4) is 0 Å². The summed E-state index contributed by atoms with van der Waals surface area (Å²) in [7, 11) is 0. The second kappa shape index (κ2) is 8.96. The molecule has 2 heterocycles. The van der Waals surface area contributed by atoms with Gasteiger partial charge in [-0.15, -0.1) is 5.10 Å². The summed E-state index contributed by atoms with van der Waals surface area (Å²) in [6, 6.07) is 19.6. The lowest BCUT2D eigenvalue weighted by Gasteiger charge is -2.14. The van der Waals surface area contributed by atoms with Crippen molar-refractivity contribution < 1.29 is 4.79 Å². The fourth-order valence-electron chi connectivity index (χ4n) is 3.10. The number of amides is 1. The van der Waals surface area contributed by atoms with Crippen LogP contribution in [0.25, 0.3) is 11.4 Å². The summed E-state index contributed by atoms with van der Waals surface area (Å²) in [5.41, 5.74) is 3.59. The maximum atomic E-state index is 12.8. The van der Waals surface area contributed by atoms with Crippen LogP contribution < -0.4 is 5.32 Å². The predicted molar refractivity (Wildman–Crippen MR) is 126 cm³/mol. The van der Waals surface area contributed by atoms with Gasteiger partial charge in [0.25, 0.3) is 0 Å². The summed E-state index contributed by atoms with van der Waals surface area (Å²) in [4.78, 5) is 12.8. The first kappa shape index (κ1) is 21.8. The SMILES string of the molecule is Cc1cccc(-n2nnnc2SCC(=O)Nc2cc(C(C)(C)C)nn2-c2ccccc2)c1. The fourth-order valence-corrected chi connectivity index (χ4v) is 3.79. The van der Waals surface area contributed by atoms with Crippen molar-refractivity contribution in [3.63, 3.8) is 0 Å². The van der Waals surface area contributed by atoms with Crippen LogP contribution in [0, 0.1) is 6.92 Å². The lowest BCUT2D eigenvalue weighted by atomic mass is 9.92. The number of carbonyl (C=O) groups excluding carboxylic acids is 1. The normalized spacial score (nSPS) is 11.5. The highest BCUT2D eigenvalue weighted by Crippen LogP contribution is 2.27. The highest BCUT2D eigenvalue weighted by atomic mass is 32.2. The molecule has 0 saturated carbocycles. The van der Waals surface area contributed by atoms with Crippen LogP contribution >= 0.6 is 11.8 Å². The third-order valence-electron chi connectivity index (χ3n) is 4.77. The Labute approximate surface area is 191 Å². The topological polar surface area (TPSA) is 90.5 Å². The standard InChI is InChI=1S/C23H25N7OS/c1-16-9-8-12-18(13-16)30-22(25-27-28-30)32-15-21(31)24-20-14-19(23(2,3)4)26-29(20)17-10-6-5-7-11-17/h5-14H,15H2,1-4H3,(H,24,31). The minimum atomic E-state index is -0.161. The van der Waals surface area contributed by atoms with Crippen molar-refractivity contribution in [1.29, 1.82) is 0 Å². The van der Waals surface area contributed by atoms with Gasteiger partial charge in [-0.2, -0.15) is 9.78 Å². The second-order valence-corrected chi connectivity index (χ2v) is 9.40. The number of rotatable bonds is 6. The van der Waals surface area contributed by atoms with E-state index in [0.29, 0.717) is 11.0 Å². The molecule has 0 aliphatic carbocycles. The Kier molecular flexibility index (Phi) is 6.09. The largest absolute Gasteiger partial charge is 0.310 e. The van der Waals surface area contributed by atoms with E-state index in [1.54, 1.807) is 9.36 Å². The fraction of sp³-hybridized carbons (Fsp3) is 0.261. The third kappa shape index (κ3) is 4.88. The van der Waals surface area contributed by atoms with Crippen molar-refractivity contribution >= 4 is 23.5 Å². The Hall–Kier alpha value is -3.46. The molecule has 0 atom stereocenters. The average Bonchev–Trinajstić information content (AvgIpc) is 3.40. The van der Waals surface area contributed by atoms with E-state index in [2.05, 4.69) is 41.6 Å². The lowest BCUT2D eigenvalue weighted by molar-refractivity contribution is -0.113. The van der Waals surface area contributed by atoms with Crippen LogP contribution in [-0.2, 0) is 10.2 Å². The van der Waals surface area contributed by atoms with E-state index in [1.807, 2.05) is 67.6 Å². The predicted octanol–water partition coefficient (Wildman–Crippen LogP) is 4.18. The molecular formula is C23H25N7OS. The number of carbonyl (C=O) groups is 1. The summed E-state index contributed by atoms with van der Waals surface area (Å²) in [6.45, 7) is 8.29. The molecule has 0 fully saturated rings. The molecule has 0 saturated heterocycles. The smallest absolute Gasteiger partial charge is 0.236 e. The first-order chi connectivity index (χ1) is 15.3. The molecule has 1 amide bonds. The summed E-state index contributed by atoms with van der Waals surface area (Å²) in [5, 5.41) is 20.2. The van der Waals surface area contributed by atoms with Gasteiger partial charge in [-0.3, -0.25) is 4.79 Å². The van der Waals surface area contributed by atoms with Gasteiger partial charge in [-0.1, -0.05) is 62.9 Å². The van der Waals surface area contributed by atoms with Gasteiger partial charge in [0.05, 0.1) is 22.8 Å². The van der Waals surface area contributed by atoms with Gasteiger partial charge < -0.3 is 5.32 Å². The van der Waals surface area contributed by atoms with E-state index in [9.17, 15) is 4.79 Å². The molecule has 9 heteroatoms. The molecule has 2 aromatic heterocycles. The third-order valence-corrected chi connectivity index (χ3v) is 5.68. The molecule has 4 aromatic rings. The van der Waals surface area contributed by atoms with Crippen molar-refractivity contribution in [2.75, 3.05) is 11.1 Å². The van der Waals surface area contributed by atoms with Crippen molar-refractivity contribution in [2.24, 2.45) is 0 Å². The Balaban J connectivity index is 1.51. The molecule has 32 heavy (non-hydrogen) atoms. The molecule has 0 bridgehead atoms. The average molecular weight is 448 g/mol. The maximum Gasteiger partial charge on any atom is 0.236 e. The monoisotopic (exact) mass is 447 g/mol. The van der Waals surface area contributed by atoms with Gasteiger partial charge in [-0.05, 0) is 47.2 Å². The number of anilines is 1. The number of para-hydroxylation sites is 1. The molecule has 0 spiro atoms. The zero-order valence-electron chi connectivity index (χ0n) is 18.5. The van der Waals surface area contributed by atoms with Crippen LogP contribution in [0.15, 0.2) is 65.8 Å². The van der Waals surface area contributed by atoms with Gasteiger partial charge in [0.2, 0.25) is 11.1 Å². The van der Waals surface area contributed by atoms with E-state index in [1.165, 1.54) is 11.8 Å². The van der Waals surface area contributed by atoms with E-state index in [4.69, 9.17) is 5.10 Å². The molecule has 0 radical (unpaired) electrons. The van der Waals surface area contributed by atoms with Crippen molar-refractivity contribution in [2.45, 2.75) is 38.3 Å². The van der Waals surface area contributed by atoms with Crippen molar-refractivity contribution in [3.8, 4) is 11.4 Å². The van der Waals surface area contributed by atoms with E-state index >= 15 is 0 Å². The first-order valence-corrected chi connectivity index (χ1v) is 11.2.